The van der Waals surface area contributed by atoms with Crippen LogP contribution in [0, 0.1) is 11.3 Å². The van der Waals surface area contributed by atoms with Crippen molar-refractivity contribution in [1.29, 1.82) is 5.26 Å². The normalized spacial score (nSPS) is 19.3. The fourth-order valence-electron chi connectivity index (χ4n) is 3.50. The Morgan fingerprint density at radius 2 is 2.19 bits per heavy atom. The molecule has 1 aromatic heterocycles. The molecule has 0 radical (unpaired) electrons. The van der Waals surface area contributed by atoms with Crippen LogP contribution in [0.3, 0.4) is 0 Å². The molecule has 7 heteroatoms. The predicted molar refractivity (Wildman–Crippen MR) is 106 cm³/mol. The number of benzene rings is 1. The van der Waals surface area contributed by atoms with Crippen LogP contribution in [0.2, 0.25) is 0 Å². The molecule has 3 rings (SSSR count). The molecule has 0 bridgehead atoms. The Hall–Kier alpha value is -2.69. The molecule has 2 heterocycles. The monoisotopic (exact) mass is 366 g/mol. The average molecular weight is 366 g/mol. The van der Waals surface area contributed by atoms with Gasteiger partial charge in [-0.3, -0.25) is 0 Å². The van der Waals surface area contributed by atoms with Crippen LogP contribution in [0.1, 0.15) is 17.5 Å². The number of hydrogen-bond acceptors (Lipinski definition) is 7. The molecule has 0 amide bonds. The highest BCUT2D eigenvalue weighted by Gasteiger charge is 2.32. The standard InChI is InChI=1S/C20H26N6O/c1-25(2)12-17-9-18(27)13-26(17)20-10-19(23-14-24-20)22-7-6-15-4-3-5-16(8-15)11-21/h3-5,8,10,14,17-18,27H,6-7,9,12-13H2,1-2H3,(H,22,23,24)/t17-,18-/m1/s1. The summed E-state index contributed by atoms with van der Waals surface area (Å²) in [5.41, 5.74) is 1.79. The van der Waals surface area contributed by atoms with Crippen LogP contribution >= 0.6 is 0 Å². The minimum Gasteiger partial charge on any atom is -0.391 e. The Morgan fingerprint density at radius 3 is 2.96 bits per heavy atom. The number of nitriles is 1. The Morgan fingerprint density at radius 1 is 1.33 bits per heavy atom. The van der Waals surface area contributed by atoms with Gasteiger partial charge in [0.1, 0.15) is 18.0 Å². The number of nitrogens with zero attached hydrogens (tertiary/aromatic N) is 5. The molecule has 142 valence electrons. The van der Waals surface area contributed by atoms with Crippen molar-refractivity contribution in [3.05, 3.63) is 47.8 Å². The van der Waals surface area contributed by atoms with E-state index in [1.165, 1.54) is 0 Å². The van der Waals surface area contributed by atoms with Crippen LogP contribution in [0.5, 0.6) is 0 Å². The summed E-state index contributed by atoms with van der Waals surface area (Å²) >= 11 is 0. The second kappa shape index (κ2) is 8.80. The van der Waals surface area contributed by atoms with Gasteiger partial charge in [0.25, 0.3) is 0 Å². The minimum atomic E-state index is -0.325. The lowest BCUT2D eigenvalue weighted by molar-refractivity contribution is 0.191. The van der Waals surface area contributed by atoms with Gasteiger partial charge in [0, 0.05) is 31.7 Å². The highest BCUT2D eigenvalue weighted by atomic mass is 16.3. The lowest BCUT2D eigenvalue weighted by Gasteiger charge is -2.27. The van der Waals surface area contributed by atoms with Crippen molar-refractivity contribution in [2.75, 3.05) is 43.9 Å². The van der Waals surface area contributed by atoms with Crippen LogP contribution in [0.4, 0.5) is 11.6 Å². The SMILES string of the molecule is CN(C)C[C@H]1C[C@@H](O)CN1c1cc(NCCc2cccc(C#N)c2)ncn1. The second-order valence-electron chi connectivity index (χ2n) is 7.21. The zero-order chi connectivity index (χ0) is 19.2. The Balaban J connectivity index is 1.62. The largest absolute Gasteiger partial charge is 0.391 e. The number of anilines is 2. The summed E-state index contributed by atoms with van der Waals surface area (Å²) < 4.78 is 0. The van der Waals surface area contributed by atoms with E-state index in [2.05, 4.69) is 31.2 Å². The highest BCUT2D eigenvalue weighted by molar-refractivity contribution is 5.50. The number of rotatable bonds is 7. The summed E-state index contributed by atoms with van der Waals surface area (Å²) in [5.74, 6) is 1.60. The van der Waals surface area contributed by atoms with Crippen molar-refractivity contribution in [3.63, 3.8) is 0 Å². The summed E-state index contributed by atoms with van der Waals surface area (Å²) in [6.07, 6.45) is 2.79. The smallest absolute Gasteiger partial charge is 0.134 e. The summed E-state index contributed by atoms with van der Waals surface area (Å²) in [6.45, 7) is 2.18. The molecule has 0 unspecified atom stereocenters. The third-order valence-electron chi connectivity index (χ3n) is 4.69. The number of aliphatic hydroxyl groups excluding tert-OH is 1. The molecule has 1 aliphatic rings. The molecule has 2 N–H and O–H groups in total. The highest BCUT2D eigenvalue weighted by Crippen LogP contribution is 2.25. The molecule has 1 aliphatic heterocycles. The summed E-state index contributed by atoms with van der Waals surface area (Å²) in [6, 6.07) is 12.0. The number of aliphatic hydroxyl groups is 1. The molecule has 1 saturated heterocycles. The van der Waals surface area contributed by atoms with Gasteiger partial charge in [0.05, 0.1) is 17.7 Å². The van der Waals surface area contributed by atoms with E-state index in [0.29, 0.717) is 12.1 Å². The van der Waals surface area contributed by atoms with E-state index in [1.807, 2.05) is 44.4 Å². The van der Waals surface area contributed by atoms with Crippen molar-refractivity contribution in [2.24, 2.45) is 0 Å². The maximum atomic E-state index is 10.1. The van der Waals surface area contributed by atoms with E-state index in [-0.39, 0.29) is 12.1 Å². The molecule has 0 aliphatic carbocycles. The number of likely N-dealkylation sites (N-methyl/N-ethyl adjacent to an activating group) is 1. The van der Waals surface area contributed by atoms with Crippen LogP contribution in [-0.4, -0.2) is 65.8 Å². The van der Waals surface area contributed by atoms with Crippen LogP contribution in [0.15, 0.2) is 36.7 Å². The van der Waals surface area contributed by atoms with Gasteiger partial charge in [-0.05, 0) is 44.6 Å². The topological polar surface area (TPSA) is 88.3 Å². The van der Waals surface area contributed by atoms with E-state index >= 15 is 0 Å². The quantitative estimate of drug-likeness (QED) is 0.768. The van der Waals surface area contributed by atoms with E-state index in [4.69, 9.17) is 5.26 Å². The van der Waals surface area contributed by atoms with E-state index in [9.17, 15) is 5.11 Å². The van der Waals surface area contributed by atoms with E-state index in [1.54, 1.807) is 6.33 Å². The molecule has 2 aromatic rings. The first kappa shape index (κ1) is 19.1. The maximum absolute atomic E-state index is 10.1. The molecule has 1 fully saturated rings. The maximum Gasteiger partial charge on any atom is 0.134 e. The van der Waals surface area contributed by atoms with Gasteiger partial charge in [-0.1, -0.05) is 12.1 Å². The Labute approximate surface area is 160 Å². The van der Waals surface area contributed by atoms with E-state index < -0.39 is 0 Å². The van der Waals surface area contributed by atoms with Gasteiger partial charge in [0.2, 0.25) is 0 Å². The summed E-state index contributed by atoms with van der Waals surface area (Å²) in [5, 5.41) is 22.4. The van der Waals surface area contributed by atoms with Crippen molar-refractivity contribution >= 4 is 11.6 Å². The fraction of sp³-hybridized carbons (Fsp3) is 0.450. The molecule has 2 atom stereocenters. The zero-order valence-electron chi connectivity index (χ0n) is 15.8. The van der Waals surface area contributed by atoms with E-state index in [0.717, 1.165) is 43.1 Å². The minimum absolute atomic E-state index is 0.242. The molecule has 27 heavy (non-hydrogen) atoms. The lowest BCUT2D eigenvalue weighted by Crippen LogP contribution is -2.38. The molecular formula is C20H26N6O. The molecule has 0 saturated carbocycles. The first-order valence-electron chi connectivity index (χ1n) is 9.19. The third kappa shape index (κ3) is 5.16. The van der Waals surface area contributed by atoms with Gasteiger partial charge in [-0.2, -0.15) is 5.26 Å². The average Bonchev–Trinajstić information content (AvgIpc) is 3.01. The molecule has 0 spiro atoms. The van der Waals surface area contributed by atoms with Crippen molar-refractivity contribution < 1.29 is 5.11 Å². The second-order valence-corrected chi connectivity index (χ2v) is 7.21. The Kier molecular flexibility index (Phi) is 6.22. The van der Waals surface area contributed by atoms with Crippen molar-refractivity contribution in [1.82, 2.24) is 14.9 Å². The van der Waals surface area contributed by atoms with Gasteiger partial charge < -0.3 is 20.2 Å². The van der Waals surface area contributed by atoms with Gasteiger partial charge >= 0.3 is 0 Å². The zero-order valence-corrected chi connectivity index (χ0v) is 15.8. The number of β-amino-alcohol motifs (C(OH)–C–C–N with tert-alkyl or cyclic N) is 1. The third-order valence-corrected chi connectivity index (χ3v) is 4.69. The van der Waals surface area contributed by atoms with Gasteiger partial charge in [0.15, 0.2) is 0 Å². The summed E-state index contributed by atoms with van der Waals surface area (Å²) in [4.78, 5) is 13.0. The van der Waals surface area contributed by atoms with Crippen molar-refractivity contribution in [2.45, 2.75) is 25.0 Å². The number of nitrogens with one attached hydrogen (secondary N) is 1. The van der Waals surface area contributed by atoms with Crippen LogP contribution in [-0.2, 0) is 6.42 Å². The fourth-order valence-corrected chi connectivity index (χ4v) is 3.50. The Bertz CT molecular complexity index is 803. The molecule has 7 nitrogen and oxygen atoms in total. The lowest BCUT2D eigenvalue weighted by atomic mass is 10.1. The number of hydrogen-bond donors (Lipinski definition) is 2. The van der Waals surface area contributed by atoms with Crippen molar-refractivity contribution in [3.8, 4) is 6.07 Å². The predicted octanol–water partition coefficient (Wildman–Crippen LogP) is 1.50. The molecular weight excluding hydrogens is 340 g/mol. The first-order chi connectivity index (χ1) is 13.0. The van der Waals surface area contributed by atoms with Gasteiger partial charge in [-0.15, -0.1) is 0 Å². The van der Waals surface area contributed by atoms with Crippen LogP contribution in [0.25, 0.3) is 0 Å². The van der Waals surface area contributed by atoms with Gasteiger partial charge in [-0.25, -0.2) is 9.97 Å². The first-order valence-corrected chi connectivity index (χ1v) is 9.19. The van der Waals surface area contributed by atoms with Crippen LogP contribution < -0.4 is 10.2 Å². The number of aromatic nitrogens is 2. The molecule has 1 aromatic carbocycles. The summed E-state index contributed by atoms with van der Waals surface area (Å²) in [7, 11) is 4.08.